The fraction of sp³-hybridized carbons (Fsp3) is 0.625. The van der Waals surface area contributed by atoms with Crippen molar-refractivity contribution in [1.29, 1.82) is 0 Å². The maximum atomic E-state index is 4.28. The van der Waals surface area contributed by atoms with Crippen molar-refractivity contribution in [1.82, 2.24) is 15.2 Å². The average Bonchev–Trinajstić information content (AvgIpc) is 2.03. The van der Waals surface area contributed by atoms with Gasteiger partial charge in [0.1, 0.15) is 5.82 Å². The second kappa shape index (κ2) is 3.05. The van der Waals surface area contributed by atoms with Crippen LogP contribution in [0.2, 0.25) is 0 Å². The van der Waals surface area contributed by atoms with Crippen molar-refractivity contribution in [2.75, 3.05) is 12.4 Å². The topological polar surface area (TPSA) is 50.7 Å². The van der Waals surface area contributed by atoms with E-state index >= 15 is 0 Å². The predicted molar refractivity (Wildman–Crippen MR) is 48.1 cm³/mol. The van der Waals surface area contributed by atoms with E-state index in [0.717, 1.165) is 11.6 Å². The monoisotopic (exact) mass is 166 g/mol. The summed E-state index contributed by atoms with van der Waals surface area (Å²) in [6, 6.07) is 0. The van der Waals surface area contributed by atoms with Crippen molar-refractivity contribution < 1.29 is 0 Å². The summed E-state index contributed by atoms with van der Waals surface area (Å²) < 4.78 is 0. The standard InChI is InChI=1S/C8H14N4/c1-8(2,3)7-11-6(9-4)5-10-12-7/h5H,1-4H3,(H,9,11,12). The van der Waals surface area contributed by atoms with Crippen molar-refractivity contribution in [3.63, 3.8) is 0 Å². The van der Waals surface area contributed by atoms with Crippen LogP contribution in [0, 0.1) is 0 Å². The van der Waals surface area contributed by atoms with Crippen molar-refractivity contribution in [2.24, 2.45) is 0 Å². The van der Waals surface area contributed by atoms with Crippen LogP contribution in [0.5, 0.6) is 0 Å². The van der Waals surface area contributed by atoms with Crippen LogP contribution in [0.15, 0.2) is 6.20 Å². The summed E-state index contributed by atoms with van der Waals surface area (Å²) in [4.78, 5) is 4.28. The molecule has 0 bridgehead atoms. The summed E-state index contributed by atoms with van der Waals surface area (Å²) in [5.41, 5.74) is -0.0418. The maximum absolute atomic E-state index is 4.28. The first kappa shape index (κ1) is 8.90. The third-order valence-corrected chi connectivity index (χ3v) is 1.49. The number of nitrogens with zero attached hydrogens (tertiary/aromatic N) is 3. The molecule has 0 saturated heterocycles. The van der Waals surface area contributed by atoms with Crippen LogP contribution in [0.3, 0.4) is 0 Å². The van der Waals surface area contributed by atoms with Gasteiger partial charge in [0.2, 0.25) is 0 Å². The zero-order valence-corrected chi connectivity index (χ0v) is 7.92. The van der Waals surface area contributed by atoms with Crippen LogP contribution < -0.4 is 5.32 Å². The normalized spacial score (nSPS) is 11.3. The third-order valence-electron chi connectivity index (χ3n) is 1.49. The van der Waals surface area contributed by atoms with E-state index in [2.05, 4.69) is 41.3 Å². The van der Waals surface area contributed by atoms with Gasteiger partial charge in [0.25, 0.3) is 0 Å². The molecule has 0 aliphatic carbocycles. The minimum atomic E-state index is -0.0418. The molecule has 1 N–H and O–H groups in total. The summed E-state index contributed by atoms with van der Waals surface area (Å²) in [5.74, 6) is 1.52. The Balaban J connectivity index is 3.02. The van der Waals surface area contributed by atoms with Gasteiger partial charge in [0, 0.05) is 12.5 Å². The average molecular weight is 166 g/mol. The van der Waals surface area contributed by atoms with E-state index in [-0.39, 0.29) is 5.41 Å². The molecule has 0 aliphatic heterocycles. The van der Waals surface area contributed by atoms with E-state index in [4.69, 9.17) is 0 Å². The Bertz CT molecular complexity index is 264. The summed E-state index contributed by atoms with van der Waals surface area (Å²) in [7, 11) is 1.82. The van der Waals surface area contributed by atoms with Crippen molar-refractivity contribution >= 4 is 5.82 Å². The molecular weight excluding hydrogens is 152 g/mol. The highest BCUT2D eigenvalue weighted by Crippen LogP contribution is 2.17. The lowest BCUT2D eigenvalue weighted by Gasteiger charge is -2.15. The fourth-order valence-electron chi connectivity index (χ4n) is 0.742. The molecule has 1 aromatic rings. The highest BCUT2D eigenvalue weighted by Gasteiger charge is 2.17. The van der Waals surface area contributed by atoms with Crippen molar-refractivity contribution in [3.8, 4) is 0 Å². The summed E-state index contributed by atoms with van der Waals surface area (Å²) in [6.45, 7) is 6.18. The molecule has 0 amide bonds. The van der Waals surface area contributed by atoms with Gasteiger partial charge < -0.3 is 5.32 Å². The number of rotatable bonds is 1. The Morgan fingerprint density at radius 2 is 2.00 bits per heavy atom. The second-order valence-corrected chi connectivity index (χ2v) is 3.67. The Labute approximate surface area is 72.4 Å². The predicted octanol–water partition coefficient (Wildman–Crippen LogP) is 1.21. The molecule has 4 nitrogen and oxygen atoms in total. The van der Waals surface area contributed by atoms with Gasteiger partial charge in [-0.05, 0) is 0 Å². The lowest BCUT2D eigenvalue weighted by atomic mass is 9.96. The van der Waals surface area contributed by atoms with Crippen LogP contribution in [0.1, 0.15) is 26.6 Å². The highest BCUT2D eigenvalue weighted by atomic mass is 15.2. The van der Waals surface area contributed by atoms with E-state index < -0.39 is 0 Å². The lowest BCUT2D eigenvalue weighted by molar-refractivity contribution is 0.534. The number of nitrogens with one attached hydrogen (secondary N) is 1. The number of anilines is 1. The van der Waals surface area contributed by atoms with Crippen LogP contribution in [-0.4, -0.2) is 22.2 Å². The molecule has 0 saturated carbocycles. The van der Waals surface area contributed by atoms with Gasteiger partial charge >= 0.3 is 0 Å². The molecule has 0 atom stereocenters. The molecule has 0 aliphatic rings. The Kier molecular flexibility index (Phi) is 2.26. The van der Waals surface area contributed by atoms with Gasteiger partial charge in [0.15, 0.2) is 5.82 Å². The van der Waals surface area contributed by atoms with E-state index in [1.807, 2.05) is 7.05 Å². The van der Waals surface area contributed by atoms with E-state index in [9.17, 15) is 0 Å². The van der Waals surface area contributed by atoms with E-state index in [1.165, 1.54) is 0 Å². The van der Waals surface area contributed by atoms with Crippen molar-refractivity contribution in [2.45, 2.75) is 26.2 Å². The first-order chi connectivity index (χ1) is 5.54. The smallest absolute Gasteiger partial charge is 0.158 e. The van der Waals surface area contributed by atoms with Gasteiger partial charge in [-0.3, -0.25) is 0 Å². The molecule has 12 heavy (non-hydrogen) atoms. The Morgan fingerprint density at radius 3 is 2.50 bits per heavy atom. The van der Waals surface area contributed by atoms with Crippen LogP contribution >= 0.6 is 0 Å². The molecule has 0 radical (unpaired) electrons. The largest absolute Gasteiger partial charge is 0.372 e. The minimum absolute atomic E-state index is 0.0418. The molecule has 0 aromatic carbocycles. The molecule has 1 rings (SSSR count). The molecule has 1 heterocycles. The molecule has 0 spiro atoms. The number of hydrogen-bond donors (Lipinski definition) is 1. The molecular formula is C8H14N4. The van der Waals surface area contributed by atoms with Gasteiger partial charge in [-0.2, -0.15) is 5.10 Å². The van der Waals surface area contributed by atoms with Gasteiger partial charge in [-0.15, -0.1) is 5.10 Å². The van der Waals surface area contributed by atoms with Gasteiger partial charge in [-0.25, -0.2) is 4.98 Å². The first-order valence-electron chi connectivity index (χ1n) is 3.92. The van der Waals surface area contributed by atoms with Crippen LogP contribution in [0.4, 0.5) is 5.82 Å². The number of aromatic nitrogens is 3. The Hall–Kier alpha value is -1.19. The minimum Gasteiger partial charge on any atom is -0.372 e. The molecule has 0 unspecified atom stereocenters. The van der Waals surface area contributed by atoms with E-state index in [1.54, 1.807) is 6.20 Å². The quantitative estimate of drug-likeness (QED) is 0.681. The zero-order valence-electron chi connectivity index (χ0n) is 7.92. The number of hydrogen-bond acceptors (Lipinski definition) is 4. The third kappa shape index (κ3) is 1.90. The second-order valence-electron chi connectivity index (χ2n) is 3.67. The summed E-state index contributed by atoms with van der Waals surface area (Å²) in [5, 5.41) is 10.7. The Morgan fingerprint density at radius 1 is 1.33 bits per heavy atom. The zero-order chi connectivity index (χ0) is 9.19. The van der Waals surface area contributed by atoms with Gasteiger partial charge in [0.05, 0.1) is 6.20 Å². The van der Waals surface area contributed by atoms with Gasteiger partial charge in [-0.1, -0.05) is 20.8 Å². The van der Waals surface area contributed by atoms with E-state index in [0.29, 0.717) is 0 Å². The summed E-state index contributed by atoms with van der Waals surface area (Å²) in [6.07, 6.45) is 1.61. The fourth-order valence-corrected chi connectivity index (χ4v) is 0.742. The lowest BCUT2D eigenvalue weighted by Crippen LogP contribution is -2.17. The molecule has 0 fully saturated rings. The molecule has 66 valence electrons. The SMILES string of the molecule is CNc1cnnc(C(C)(C)C)n1. The maximum Gasteiger partial charge on any atom is 0.158 e. The van der Waals surface area contributed by atoms with Crippen LogP contribution in [0.25, 0.3) is 0 Å². The summed E-state index contributed by atoms with van der Waals surface area (Å²) >= 11 is 0. The first-order valence-corrected chi connectivity index (χ1v) is 3.92. The molecule has 4 heteroatoms. The van der Waals surface area contributed by atoms with Crippen LogP contribution in [-0.2, 0) is 5.41 Å². The highest BCUT2D eigenvalue weighted by molar-refractivity contribution is 5.29. The van der Waals surface area contributed by atoms with Crippen molar-refractivity contribution in [3.05, 3.63) is 12.0 Å². The molecule has 1 aromatic heterocycles.